The zero-order valence-electron chi connectivity index (χ0n) is 16.1. The first-order chi connectivity index (χ1) is 13.7. The Hall–Kier alpha value is -2.52. The summed E-state index contributed by atoms with van der Waals surface area (Å²) in [6.45, 7) is 1.64. The van der Waals surface area contributed by atoms with Gasteiger partial charge >= 0.3 is 0 Å². The van der Waals surface area contributed by atoms with Crippen LogP contribution in [0.4, 0.5) is 20.3 Å². The van der Waals surface area contributed by atoms with E-state index in [1.54, 1.807) is 38.2 Å². The maximum atomic E-state index is 13.9. The van der Waals surface area contributed by atoms with Crippen molar-refractivity contribution in [3.8, 4) is 0 Å². The molecule has 4 N–H and O–H groups in total. The molecule has 1 heterocycles. The van der Waals surface area contributed by atoms with Gasteiger partial charge < -0.3 is 16.4 Å². The van der Waals surface area contributed by atoms with E-state index in [-0.39, 0.29) is 17.8 Å². The zero-order chi connectivity index (χ0) is 21.2. The number of anilines is 1. The normalized spacial score (nSPS) is 21.7. The largest absolute Gasteiger partial charge is 0.369 e. The molecule has 10 heteroatoms. The summed E-state index contributed by atoms with van der Waals surface area (Å²) in [5.74, 6) is -2.68. The number of carbonyl (C=O) groups is 1. The third-order valence-corrected chi connectivity index (χ3v) is 5.22. The second-order valence-corrected chi connectivity index (χ2v) is 7.47. The van der Waals surface area contributed by atoms with Gasteiger partial charge in [0.25, 0.3) is 11.8 Å². The van der Waals surface area contributed by atoms with Crippen LogP contribution >= 0.6 is 11.6 Å². The highest BCUT2D eigenvalue weighted by molar-refractivity contribution is 6.34. The van der Waals surface area contributed by atoms with Crippen LogP contribution in [0.1, 0.15) is 36.5 Å². The van der Waals surface area contributed by atoms with Gasteiger partial charge in [-0.1, -0.05) is 23.7 Å². The minimum absolute atomic E-state index is 0.212. The highest BCUT2D eigenvalue weighted by Gasteiger charge is 2.44. The Labute approximate surface area is 172 Å². The van der Waals surface area contributed by atoms with E-state index in [1.807, 2.05) is 0 Å². The van der Waals surface area contributed by atoms with E-state index in [0.717, 1.165) is 0 Å². The standard InChI is InChI=1S/C19H23ClF2N6O/c1-11(25-15-8-5-9-19(21,22)16(15)23)26-17-12(10-24-28(17)2)18(29)27-14-7-4-3-6-13(14)20/h3-4,6-7,10,15-16H,5,8-9,23H2,1-2H3,(H,25,26)(H,27,29)/t15-,16-/m1/s1. The number of nitrogens with two attached hydrogens (primary N) is 1. The van der Waals surface area contributed by atoms with Crippen LogP contribution in [-0.2, 0) is 7.05 Å². The Bertz CT molecular complexity index is 929. The molecule has 0 saturated heterocycles. The number of carbonyl (C=O) groups excluding carboxylic acids is 1. The Kier molecular flexibility index (Phi) is 6.18. The lowest BCUT2D eigenvalue weighted by molar-refractivity contribution is -0.0603. The maximum absolute atomic E-state index is 13.9. The molecule has 29 heavy (non-hydrogen) atoms. The van der Waals surface area contributed by atoms with E-state index in [9.17, 15) is 13.6 Å². The van der Waals surface area contributed by atoms with Gasteiger partial charge in [-0.05, 0) is 31.9 Å². The zero-order valence-corrected chi connectivity index (χ0v) is 16.9. The van der Waals surface area contributed by atoms with Crippen LogP contribution in [0, 0.1) is 0 Å². The van der Waals surface area contributed by atoms with Gasteiger partial charge in [0.1, 0.15) is 11.4 Å². The van der Waals surface area contributed by atoms with E-state index < -0.39 is 23.9 Å². The van der Waals surface area contributed by atoms with Gasteiger partial charge in [0, 0.05) is 19.5 Å². The smallest absolute Gasteiger partial charge is 0.264 e. The molecular weight excluding hydrogens is 402 g/mol. The van der Waals surface area contributed by atoms with Gasteiger partial charge in [0.15, 0.2) is 5.82 Å². The summed E-state index contributed by atoms with van der Waals surface area (Å²) >= 11 is 6.08. The predicted molar refractivity (Wildman–Crippen MR) is 109 cm³/mol. The Morgan fingerprint density at radius 2 is 2.14 bits per heavy atom. The van der Waals surface area contributed by atoms with E-state index in [4.69, 9.17) is 17.3 Å². The molecule has 1 aliphatic rings. The molecule has 1 saturated carbocycles. The number of hydrogen-bond acceptors (Lipinski definition) is 4. The average Bonchev–Trinajstić information content (AvgIpc) is 3.01. The number of alkyl halides is 2. The molecule has 1 fully saturated rings. The molecule has 0 radical (unpaired) electrons. The molecule has 1 aromatic carbocycles. The maximum Gasteiger partial charge on any atom is 0.264 e. The van der Waals surface area contributed by atoms with Crippen molar-refractivity contribution in [2.75, 3.05) is 5.32 Å². The quantitative estimate of drug-likeness (QED) is 0.517. The highest BCUT2D eigenvalue weighted by Crippen LogP contribution is 2.32. The molecule has 0 aliphatic heterocycles. The van der Waals surface area contributed by atoms with Crippen LogP contribution in [0.2, 0.25) is 5.02 Å². The van der Waals surface area contributed by atoms with Crippen LogP contribution in [-0.4, -0.2) is 39.5 Å². The van der Waals surface area contributed by atoms with Gasteiger partial charge in [0.2, 0.25) is 0 Å². The van der Waals surface area contributed by atoms with Crippen molar-refractivity contribution in [2.45, 2.75) is 44.2 Å². The molecule has 0 spiro atoms. The number of aryl methyl sites for hydroxylation is 1. The monoisotopic (exact) mass is 424 g/mol. The fourth-order valence-electron chi connectivity index (χ4n) is 3.30. The lowest BCUT2D eigenvalue weighted by Crippen LogP contribution is -2.58. The van der Waals surface area contributed by atoms with E-state index in [2.05, 4.69) is 20.7 Å². The number of para-hydroxylation sites is 1. The Morgan fingerprint density at radius 1 is 1.41 bits per heavy atom. The van der Waals surface area contributed by atoms with Gasteiger partial charge in [-0.2, -0.15) is 5.10 Å². The molecule has 1 aliphatic carbocycles. The Morgan fingerprint density at radius 3 is 2.86 bits per heavy atom. The summed E-state index contributed by atoms with van der Waals surface area (Å²) in [7, 11) is 1.64. The fourth-order valence-corrected chi connectivity index (χ4v) is 3.48. The number of aromatic nitrogens is 2. The third kappa shape index (κ3) is 4.73. The lowest BCUT2D eigenvalue weighted by atomic mass is 9.87. The average molecular weight is 425 g/mol. The molecule has 2 atom stereocenters. The molecule has 2 aromatic rings. The van der Waals surface area contributed by atoms with E-state index in [0.29, 0.717) is 29.4 Å². The van der Waals surface area contributed by atoms with Crippen molar-refractivity contribution in [2.24, 2.45) is 17.8 Å². The predicted octanol–water partition coefficient (Wildman–Crippen LogP) is 3.48. The molecule has 156 valence electrons. The van der Waals surface area contributed by atoms with Crippen LogP contribution in [0.3, 0.4) is 0 Å². The third-order valence-electron chi connectivity index (χ3n) is 4.89. The molecule has 1 amide bonds. The molecular formula is C19H23ClF2N6O. The first-order valence-corrected chi connectivity index (χ1v) is 9.60. The SMILES string of the molecule is C/C(=N\c1c(C(=O)Nc2ccccc2Cl)cnn1C)N[C@@H]1CCCC(F)(F)[C@@H]1N. The second-order valence-electron chi connectivity index (χ2n) is 7.07. The summed E-state index contributed by atoms with van der Waals surface area (Å²) in [6, 6.07) is 4.95. The van der Waals surface area contributed by atoms with Crippen LogP contribution < -0.4 is 16.4 Å². The Balaban J connectivity index is 1.78. The molecule has 0 bridgehead atoms. The van der Waals surface area contributed by atoms with Crippen LogP contribution in [0.25, 0.3) is 0 Å². The van der Waals surface area contributed by atoms with Crippen molar-refractivity contribution in [3.05, 3.63) is 41.0 Å². The molecule has 3 rings (SSSR count). The van der Waals surface area contributed by atoms with Crippen LogP contribution in [0.5, 0.6) is 0 Å². The number of aliphatic imine (C=N–C) groups is 1. The summed E-state index contributed by atoms with van der Waals surface area (Å²) < 4.78 is 29.2. The lowest BCUT2D eigenvalue weighted by Gasteiger charge is -2.36. The number of nitrogens with one attached hydrogen (secondary N) is 2. The topological polar surface area (TPSA) is 97.3 Å². The van der Waals surface area contributed by atoms with Crippen molar-refractivity contribution >= 4 is 34.8 Å². The summed E-state index contributed by atoms with van der Waals surface area (Å²) in [5.41, 5.74) is 6.41. The summed E-state index contributed by atoms with van der Waals surface area (Å²) in [6.07, 6.45) is 2.08. The summed E-state index contributed by atoms with van der Waals surface area (Å²) in [5, 5.41) is 10.2. The van der Waals surface area contributed by atoms with Crippen molar-refractivity contribution in [1.29, 1.82) is 0 Å². The van der Waals surface area contributed by atoms with Crippen molar-refractivity contribution in [1.82, 2.24) is 15.1 Å². The van der Waals surface area contributed by atoms with Crippen LogP contribution in [0.15, 0.2) is 35.5 Å². The molecule has 0 unspecified atom stereocenters. The summed E-state index contributed by atoms with van der Waals surface area (Å²) in [4.78, 5) is 17.1. The number of nitrogens with zero attached hydrogens (tertiary/aromatic N) is 3. The minimum Gasteiger partial charge on any atom is -0.369 e. The number of benzene rings is 1. The van der Waals surface area contributed by atoms with Gasteiger partial charge in [-0.25, -0.2) is 13.8 Å². The van der Waals surface area contributed by atoms with Crippen molar-refractivity contribution < 1.29 is 13.6 Å². The minimum atomic E-state index is -2.91. The van der Waals surface area contributed by atoms with Crippen molar-refractivity contribution in [3.63, 3.8) is 0 Å². The first-order valence-electron chi connectivity index (χ1n) is 9.22. The number of halogens is 3. The van der Waals surface area contributed by atoms with E-state index in [1.165, 1.54) is 10.9 Å². The van der Waals surface area contributed by atoms with Gasteiger partial charge in [-0.3, -0.25) is 9.48 Å². The number of rotatable bonds is 4. The highest BCUT2D eigenvalue weighted by atomic mass is 35.5. The fraction of sp³-hybridized carbons (Fsp3) is 0.421. The van der Waals surface area contributed by atoms with Gasteiger partial charge in [-0.15, -0.1) is 0 Å². The second kappa shape index (κ2) is 8.46. The number of hydrogen-bond donors (Lipinski definition) is 3. The van der Waals surface area contributed by atoms with E-state index >= 15 is 0 Å². The molecule has 7 nitrogen and oxygen atoms in total. The number of amidine groups is 1. The molecule has 1 aromatic heterocycles. The number of amides is 1. The van der Waals surface area contributed by atoms with Gasteiger partial charge in [0.05, 0.1) is 22.9 Å². The first kappa shape index (κ1) is 21.2.